The Morgan fingerprint density at radius 1 is 1.25 bits per heavy atom. The van der Waals surface area contributed by atoms with E-state index in [2.05, 4.69) is 39.6 Å². The number of rotatable bonds is 1. The summed E-state index contributed by atoms with van der Waals surface area (Å²) in [4.78, 5) is 13.5. The normalized spacial score (nSPS) is 25.4. The molecule has 0 saturated carbocycles. The summed E-state index contributed by atoms with van der Waals surface area (Å²) in [5.74, 6) is 5.72. The summed E-state index contributed by atoms with van der Waals surface area (Å²) in [6.07, 6.45) is 1.68. The number of hydrogen-bond donors (Lipinski definition) is 2. The van der Waals surface area contributed by atoms with Crippen molar-refractivity contribution in [2.75, 3.05) is 7.05 Å². The second-order valence-corrected chi connectivity index (χ2v) is 5.99. The van der Waals surface area contributed by atoms with Crippen LogP contribution in [0.4, 0.5) is 4.79 Å². The maximum Gasteiger partial charge on any atom is 0.329 e. The number of urea groups is 1. The number of nitrogens with two attached hydrogens (primary N) is 2. The molecule has 2 amide bonds. The number of nitrogens with zero attached hydrogens (tertiary/aromatic N) is 2. The quantitative estimate of drug-likeness (QED) is 0.397. The lowest BCUT2D eigenvalue weighted by Gasteiger charge is -2.54. The van der Waals surface area contributed by atoms with Gasteiger partial charge in [0.25, 0.3) is 0 Å². The maximum absolute atomic E-state index is 11.1. The lowest BCUT2D eigenvalue weighted by molar-refractivity contribution is -0.0383. The van der Waals surface area contributed by atoms with E-state index < -0.39 is 6.03 Å². The number of hydrogen-bond acceptors (Lipinski definition) is 3. The van der Waals surface area contributed by atoms with Crippen LogP contribution in [-0.4, -0.2) is 40.1 Å². The molecule has 0 bridgehead atoms. The van der Waals surface area contributed by atoms with Gasteiger partial charge < -0.3 is 5.73 Å². The molecule has 1 fully saturated rings. The number of likely N-dealkylation sites (tertiary alicyclic amines) is 1. The topological polar surface area (TPSA) is 75.6 Å². The molecule has 1 aliphatic rings. The van der Waals surface area contributed by atoms with Crippen molar-refractivity contribution in [1.82, 2.24) is 9.91 Å². The molecule has 4 N–H and O–H groups in total. The largest absolute Gasteiger partial charge is 0.350 e. The first-order chi connectivity index (χ1) is 7.08. The molecule has 0 aromatic rings. The number of amides is 2. The minimum Gasteiger partial charge on any atom is -0.350 e. The van der Waals surface area contributed by atoms with Crippen molar-refractivity contribution in [1.29, 1.82) is 0 Å². The molecule has 94 valence electrons. The SMILES string of the molecule is CN1C(C)(C)CC(N(N)C(N)=O)CC1(C)C. The number of primary amides is 1. The molecule has 0 unspecified atom stereocenters. The highest BCUT2D eigenvalue weighted by molar-refractivity contribution is 5.71. The molecule has 1 aliphatic heterocycles. The van der Waals surface area contributed by atoms with Crippen LogP contribution in [0.15, 0.2) is 0 Å². The first-order valence-electron chi connectivity index (χ1n) is 5.65. The minimum absolute atomic E-state index is 0.0127. The lowest BCUT2D eigenvalue weighted by Crippen LogP contribution is -2.64. The predicted octanol–water partition coefficient (Wildman–Crippen LogP) is 0.892. The highest BCUT2D eigenvalue weighted by Crippen LogP contribution is 2.38. The van der Waals surface area contributed by atoms with Gasteiger partial charge in [-0.15, -0.1) is 0 Å². The van der Waals surface area contributed by atoms with Crippen molar-refractivity contribution in [3.8, 4) is 0 Å². The highest BCUT2D eigenvalue weighted by Gasteiger charge is 2.44. The Kier molecular flexibility index (Phi) is 3.22. The van der Waals surface area contributed by atoms with Gasteiger partial charge >= 0.3 is 6.03 Å². The van der Waals surface area contributed by atoms with E-state index in [0.29, 0.717) is 0 Å². The summed E-state index contributed by atoms with van der Waals surface area (Å²) >= 11 is 0. The summed E-state index contributed by atoms with van der Waals surface area (Å²) in [7, 11) is 2.11. The second kappa shape index (κ2) is 3.89. The van der Waals surface area contributed by atoms with Crippen LogP contribution in [0.1, 0.15) is 40.5 Å². The van der Waals surface area contributed by atoms with Gasteiger partial charge in [0.1, 0.15) is 0 Å². The van der Waals surface area contributed by atoms with Crippen LogP contribution in [0.5, 0.6) is 0 Å². The Morgan fingerprint density at radius 3 is 1.94 bits per heavy atom. The van der Waals surface area contributed by atoms with E-state index >= 15 is 0 Å². The zero-order valence-corrected chi connectivity index (χ0v) is 10.9. The van der Waals surface area contributed by atoms with Crippen molar-refractivity contribution in [2.45, 2.75) is 57.7 Å². The van der Waals surface area contributed by atoms with Crippen LogP contribution in [-0.2, 0) is 0 Å². The molecule has 0 aliphatic carbocycles. The smallest absolute Gasteiger partial charge is 0.329 e. The molecular formula is C11H24N4O. The average Bonchev–Trinajstić information content (AvgIpc) is 2.11. The van der Waals surface area contributed by atoms with Gasteiger partial charge in [-0.3, -0.25) is 9.91 Å². The third-order valence-electron chi connectivity index (χ3n) is 3.93. The molecule has 0 aromatic carbocycles. The van der Waals surface area contributed by atoms with Crippen molar-refractivity contribution in [3.63, 3.8) is 0 Å². The van der Waals surface area contributed by atoms with E-state index in [1.807, 2.05) is 0 Å². The molecule has 0 aromatic heterocycles. The van der Waals surface area contributed by atoms with E-state index in [4.69, 9.17) is 11.6 Å². The third-order valence-corrected chi connectivity index (χ3v) is 3.93. The van der Waals surface area contributed by atoms with Crippen LogP contribution in [0.3, 0.4) is 0 Å². The Balaban J connectivity index is 2.91. The lowest BCUT2D eigenvalue weighted by atomic mass is 9.77. The zero-order chi connectivity index (χ0) is 12.7. The van der Waals surface area contributed by atoms with Gasteiger partial charge in [0.2, 0.25) is 0 Å². The van der Waals surface area contributed by atoms with Crippen LogP contribution >= 0.6 is 0 Å². The Bertz CT molecular complexity index is 270. The molecule has 5 nitrogen and oxygen atoms in total. The fraction of sp³-hybridized carbons (Fsp3) is 0.909. The number of carbonyl (C=O) groups is 1. The maximum atomic E-state index is 11.1. The summed E-state index contributed by atoms with van der Waals surface area (Å²) < 4.78 is 0. The Morgan fingerprint density at radius 2 is 1.62 bits per heavy atom. The standard InChI is InChI=1S/C11H24N4O/c1-10(2)6-8(15(13)9(12)16)7-11(3,4)14(10)5/h8H,6-7,13H2,1-5H3,(H2,12,16). The van der Waals surface area contributed by atoms with Gasteiger partial charge in [-0.1, -0.05) is 0 Å². The first-order valence-corrected chi connectivity index (χ1v) is 5.65. The first kappa shape index (κ1) is 13.3. The predicted molar refractivity (Wildman–Crippen MR) is 64.6 cm³/mol. The van der Waals surface area contributed by atoms with E-state index in [-0.39, 0.29) is 17.1 Å². The van der Waals surface area contributed by atoms with Crippen LogP contribution in [0, 0.1) is 0 Å². The van der Waals surface area contributed by atoms with Crippen molar-refractivity contribution >= 4 is 6.03 Å². The molecule has 0 spiro atoms. The van der Waals surface area contributed by atoms with Gasteiger partial charge in [-0.05, 0) is 47.6 Å². The number of piperidine rings is 1. The molecular weight excluding hydrogens is 204 g/mol. The Hall–Kier alpha value is -0.810. The molecule has 1 heterocycles. The third kappa shape index (κ3) is 2.30. The van der Waals surface area contributed by atoms with Crippen LogP contribution in [0.2, 0.25) is 0 Å². The number of hydrazine groups is 1. The summed E-state index contributed by atoms with van der Waals surface area (Å²) in [5, 5.41) is 1.18. The fourth-order valence-electron chi connectivity index (χ4n) is 2.70. The van der Waals surface area contributed by atoms with E-state index in [0.717, 1.165) is 12.8 Å². The van der Waals surface area contributed by atoms with Crippen molar-refractivity contribution in [2.24, 2.45) is 11.6 Å². The molecule has 0 radical (unpaired) electrons. The highest BCUT2D eigenvalue weighted by atomic mass is 16.2. The van der Waals surface area contributed by atoms with Gasteiger partial charge in [0.05, 0.1) is 6.04 Å². The average molecular weight is 228 g/mol. The molecule has 1 saturated heterocycles. The summed E-state index contributed by atoms with van der Waals surface area (Å²) in [5.41, 5.74) is 5.25. The second-order valence-electron chi connectivity index (χ2n) is 5.99. The van der Waals surface area contributed by atoms with Gasteiger partial charge in [-0.2, -0.15) is 0 Å². The monoisotopic (exact) mass is 228 g/mol. The van der Waals surface area contributed by atoms with Gasteiger partial charge in [-0.25, -0.2) is 10.6 Å². The number of carbonyl (C=O) groups excluding carboxylic acids is 1. The minimum atomic E-state index is -0.554. The van der Waals surface area contributed by atoms with Gasteiger partial charge in [0.15, 0.2) is 0 Å². The summed E-state index contributed by atoms with van der Waals surface area (Å²) in [6, 6.07) is -0.542. The van der Waals surface area contributed by atoms with E-state index in [1.165, 1.54) is 5.01 Å². The van der Waals surface area contributed by atoms with Crippen molar-refractivity contribution < 1.29 is 4.79 Å². The molecule has 5 heteroatoms. The van der Waals surface area contributed by atoms with E-state index in [1.54, 1.807) is 0 Å². The van der Waals surface area contributed by atoms with Crippen molar-refractivity contribution in [3.05, 3.63) is 0 Å². The molecule has 1 rings (SSSR count). The van der Waals surface area contributed by atoms with Crippen LogP contribution < -0.4 is 11.6 Å². The zero-order valence-electron chi connectivity index (χ0n) is 10.9. The molecule has 0 atom stereocenters. The van der Waals surface area contributed by atoms with E-state index in [9.17, 15) is 4.79 Å². The fourth-order valence-corrected chi connectivity index (χ4v) is 2.70. The van der Waals surface area contributed by atoms with Crippen LogP contribution in [0.25, 0.3) is 0 Å². The van der Waals surface area contributed by atoms with Gasteiger partial charge in [0, 0.05) is 11.1 Å². The Labute approximate surface area is 97.7 Å². The molecule has 16 heavy (non-hydrogen) atoms. The summed E-state index contributed by atoms with van der Waals surface area (Å²) in [6.45, 7) is 8.65.